The van der Waals surface area contributed by atoms with Crippen LogP contribution in [0.5, 0.6) is 0 Å². The van der Waals surface area contributed by atoms with Crippen molar-refractivity contribution in [3.8, 4) is 0 Å². The van der Waals surface area contributed by atoms with E-state index in [9.17, 15) is 4.79 Å². The van der Waals surface area contributed by atoms with Crippen molar-refractivity contribution in [3.63, 3.8) is 0 Å². The topological polar surface area (TPSA) is 37.3 Å². The standard InChI is InChI=1S/C11H13BrO2/c1-8-2-3-9(7-13)10(6-8)11(14)4-5-12/h2-3,6,13H,4-5,7H2,1H3. The summed E-state index contributed by atoms with van der Waals surface area (Å²) in [7, 11) is 0. The summed E-state index contributed by atoms with van der Waals surface area (Å²) >= 11 is 3.23. The maximum Gasteiger partial charge on any atom is 0.164 e. The quantitative estimate of drug-likeness (QED) is 0.664. The Bertz CT molecular complexity index is 334. The Balaban J connectivity index is 3.03. The molecule has 1 aromatic rings. The third-order valence-electron chi connectivity index (χ3n) is 2.06. The molecule has 0 aliphatic rings. The molecule has 0 aliphatic carbocycles. The number of aliphatic hydroxyl groups excluding tert-OH is 1. The predicted molar refractivity (Wildman–Crippen MR) is 59.8 cm³/mol. The van der Waals surface area contributed by atoms with Crippen molar-refractivity contribution < 1.29 is 9.90 Å². The number of alkyl halides is 1. The Morgan fingerprint density at radius 3 is 2.79 bits per heavy atom. The van der Waals surface area contributed by atoms with E-state index in [1.807, 2.05) is 19.1 Å². The van der Waals surface area contributed by atoms with E-state index in [0.717, 1.165) is 5.56 Å². The molecule has 0 saturated carbocycles. The summed E-state index contributed by atoms with van der Waals surface area (Å²) in [6.45, 7) is 1.86. The number of halogens is 1. The number of rotatable bonds is 4. The zero-order valence-corrected chi connectivity index (χ0v) is 9.67. The predicted octanol–water partition coefficient (Wildman–Crippen LogP) is 2.46. The van der Waals surface area contributed by atoms with Crippen molar-refractivity contribution in [1.82, 2.24) is 0 Å². The van der Waals surface area contributed by atoms with Gasteiger partial charge in [-0.05, 0) is 18.6 Å². The number of ketones is 1. The Morgan fingerprint density at radius 2 is 2.21 bits per heavy atom. The van der Waals surface area contributed by atoms with E-state index < -0.39 is 0 Å². The molecule has 76 valence electrons. The first-order valence-corrected chi connectivity index (χ1v) is 5.60. The van der Waals surface area contributed by atoms with Gasteiger partial charge in [-0.15, -0.1) is 0 Å². The molecule has 0 bridgehead atoms. The van der Waals surface area contributed by atoms with Crippen LogP contribution < -0.4 is 0 Å². The molecule has 0 unspecified atom stereocenters. The van der Waals surface area contributed by atoms with Gasteiger partial charge in [0.1, 0.15) is 0 Å². The van der Waals surface area contributed by atoms with Gasteiger partial charge in [0.05, 0.1) is 6.61 Å². The molecule has 0 spiro atoms. The van der Waals surface area contributed by atoms with Gasteiger partial charge in [-0.25, -0.2) is 0 Å². The van der Waals surface area contributed by atoms with Gasteiger partial charge in [0, 0.05) is 17.3 Å². The van der Waals surface area contributed by atoms with Crippen molar-refractivity contribution in [1.29, 1.82) is 0 Å². The van der Waals surface area contributed by atoms with Crippen LogP contribution in [0.2, 0.25) is 0 Å². The molecule has 0 fully saturated rings. The molecule has 0 amide bonds. The van der Waals surface area contributed by atoms with E-state index in [2.05, 4.69) is 15.9 Å². The number of carbonyl (C=O) groups is 1. The van der Waals surface area contributed by atoms with E-state index in [1.54, 1.807) is 6.07 Å². The molecule has 2 nitrogen and oxygen atoms in total. The summed E-state index contributed by atoms with van der Waals surface area (Å²) in [5.41, 5.74) is 2.40. The minimum Gasteiger partial charge on any atom is -0.392 e. The average molecular weight is 257 g/mol. The second-order valence-corrected chi connectivity index (χ2v) is 3.97. The Morgan fingerprint density at radius 1 is 1.50 bits per heavy atom. The molecular formula is C11H13BrO2. The van der Waals surface area contributed by atoms with Crippen molar-refractivity contribution in [2.24, 2.45) is 0 Å². The lowest BCUT2D eigenvalue weighted by molar-refractivity contribution is 0.0987. The van der Waals surface area contributed by atoms with Crippen molar-refractivity contribution in [2.75, 3.05) is 5.33 Å². The van der Waals surface area contributed by atoms with Gasteiger partial charge >= 0.3 is 0 Å². The number of hydrogen-bond acceptors (Lipinski definition) is 2. The summed E-state index contributed by atoms with van der Waals surface area (Å²) < 4.78 is 0. The molecule has 0 aliphatic heterocycles. The molecule has 1 aromatic carbocycles. The summed E-state index contributed by atoms with van der Waals surface area (Å²) in [5, 5.41) is 9.72. The van der Waals surface area contributed by atoms with Crippen molar-refractivity contribution in [2.45, 2.75) is 20.0 Å². The van der Waals surface area contributed by atoms with Crippen LogP contribution in [-0.2, 0) is 6.61 Å². The van der Waals surface area contributed by atoms with Crippen LogP contribution in [0.1, 0.15) is 27.9 Å². The highest BCUT2D eigenvalue weighted by Crippen LogP contribution is 2.14. The van der Waals surface area contributed by atoms with E-state index in [1.165, 1.54) is 0 Å². The SMILES string of the molecule is Cc1ccc(CO)c(C(=O)CCBr)c1. The molecule has 0 radical (unpaired) electrons. The third kappa shape index (κ3) is 2.66. The normalized spacial score (nSPS) is 10.2. The summed E-state index contributed by atoms with van der Waals surface area (Å²) in [6, 6.07) is 5.53. The fourth-order valence-corrected chi connectivity index (χ4v) is 1.67. The Labute approximate surface area is 92.1 Å². The second kappa shape index (κ2) is 5.27. The van der Waals surface area contributed by atoms with E-state index in [4.69, 9.17) is 5.11 Å². The second-order valence-electron chi connectivity index (χ2n) is 3.18. The fourth-order valence-electron chi connectivity index (χ4n) is 1.31. The van der Waals surface area contributed by atoms with Crippen LogP contribution in [0.15, 0.2) is 18.2 Å². The number of carbonyl (C=O) groups excluding carboxylic acids is 1. The maximum absolute atomic E-state index is 11.6. The lowest BCUT2D eigenvalue weighted by Crippen LogP contribution is -2.04. The molecule has 3 heteroatoms. The Kier molecular flexibility index (Phi) is 4.29. The first-order valence-electron chi connectivity index (χ1n) is 4.48. The summed E-state index contributed by atoms with van der Waals surface area (Å²) in [4.78, 5) is 11.6. The van der Waals surface area contributed by atoms with Gasteiger partial charge < -0.3 is 5.11 Å². The smallest absolute Gasteiger partial charge is 0.164 e. The highest BCUT2D eigenvalue weighted by atomic mass is 79.9. The molecule has 0 atom stereocenters. The van der Waals surface area contributed by atoms with Crippen LogP contribution in [0.4, 0.5) is 0 Å². The highest BCUT2D eigenvalue weighted by molar-refractivity contribution is 9.09. The Hall–Kier alpha value is -0.670. The van der Waals surface area contributed by atoms with Crippen LogP contribution in [0, 0.1) is 6.92 Å². The minimum absolute atomic E-state index is 0.0784. The largest absolute Gasteiger partial charge is 0.392 e. The molecule has 1 rings (SSSR count). The maximum atomic E-state index is 11.6. The first kappa shape index (κ1) is 11.4. The summed E-state index contributed by atoms with van der Waals surface area (Å²) in [5.74, 6) is 0.0784. The number of aliphatic hydroxyl groups is 1. The monoisotopic (exact) mass is 256 g/mol. The highest BCUT2D eigenvalue weighted by Gasteiger charge is 2.09. The number of aryl methyl sites for hydroxylation is 1. The average Bonchev–Trinajstić information content (AvgIpc) is 2.18. The zero-order chi connectivity index (χ0) is 10.6. The van der Waals surface area contributed by atoms with Crippen molar-refractivity contribution in [3.05, 3.63) is 34.9 Å². The number of Topliss-reactive ketones (excluding diaryl/α,β-unsaturated/α-hetero) is 1. The fraction of sp³-hybridized carbons (Fsp3) is 0.364. The molecule has 0 saturated heterocycles. The molecule has 14 heavy (non-hydrogen) atoms. The number of hydrogen-bond donors (Lipinski definition) is 1. The lowest BCUT2D eigenvalue weighted by Gasteiger charge is -2.06. The van der Waals surface area contributed by atoms with Crippen molar-refractivity contribution >= 4 is 21.7 Å². The zero-order valence-electron chi connectivity index (χ0n) is 8.09. The van der Waals surface area contributed by atoms with Gasteiger partial charge in [0.15, 0.2) is 5.78 Å². The van der Waals surface area contributed by atoms with Crippen LogP contribution >= 0.6 is 15.9 Å². The van der Waals surface area contributed by atoms with E-state index in [-0.39, 0.29) is 12.4 Å². The van der Waals surface area contributed by atoms with Crippen LogP contribution in [-0.4, -0.2) is 16.2 Å². The molecule has 1 N–H and O–H groups in total. The van der Waals surface area contributed by atoms with Gasteiger partial charge in [0.25, 0.3) is 0 Å². The van der Waals surface area contributed by atoms with Crippen LogP contribution in [0.25, 0.3) is 0 Å². The van der Waals surface area contributed by atoms with Gasteiger partial charge in [-0.3, -0.25) is 4.79 Å². The lowest BCUT2D eigenvalue weighted by atomic mass is 10.0. The first-order chi connectivity index (χ1) is 6.69. The summed E-state index contributed by atoms with van der Waals surface area (Å²) in [6.07, 6.45) is 0.469. The third-order valence-corrected chi connectivity index (χ3v) is 2.45. The number of benzene rings is 1. The van der Waals surface area contributed by atoms with E-state index >= 15 is 0 Å². The van der Waals surface area contributed by atoms with Crippen LogP contribution in [0.3, 0.4) is 0 Å². The van der Waals surface area contributed by atoms with E-state index in [0.29, 0.717) is 22.9 Å². The van der Waals surface area contributed by atoms with Gasteiger partial charge in [-0.1, -0.05) is 33.6 Å². The van der Waals surface area contributed by atoms with Gasteiger partial charge in [-0.2, -0.15) is 0 Å². The minimum atomic E-state index is -0.0797. The molecule has 0 heterocycles. The van der Waals surface area contributed by atoms with Gasteiger partial charge in [0.2, 0.25) is 0 Å². The molecule has 0 aromatic heterocycles. The molecular weight excluding hydrogens is 244 g/mol.